The summed E-state index contributed by atoms with van der Waals surface area (Å²) in [5.74, 6) is 1.28. The first kappa shape index (κ1) is 20.1. The Balaban J connectivity index is 1.92. The number of nitrogens with zero attached hydrogens (tertiary/aromatic N) is 3. The molecule has 0 N–H and O–H groups in total. The van der Waals surface area contributed by atoms with E-state index in [9.17, 15) is 4.79 Å². The fourth-order valence-corrected chi connectivity index (χ4v) is 3.11. The summed E-state index contributed by atoms with van der Waals surface area (Å²) in [4.78, 5) is 14.5. The Bertz CT molecular complexity index is 975. The van der Waals surface area contributed by atoms with Crippen molar-refractivity contribution in [2.75, 3.05) is 18.6 Å². The molecule has 0 radical (unpaired) electrons. The van der Waals surface area contributed by atoms with Gasteiger partial charge >= 0.3 is 0 Å². The zero-order valence-electron chi connectivity index (χ0n) is 16.6. The van der Waals surface area contributed by atoms with Gasteiger partial charge in [0.05, 0.1) is 19.2 Å². The molecule has 1 heterocycles. The molecule has 0 aliphatic rings. The smallest absolute Gasteiger partial charge is 0.190 e. The average Bonchev–Trinajstić information content (AvgIpc) is 3.18. The van der Waals surface area contributed by atoms with E-state index < -0.39 is 0 Å². The van der Waals surface area contributed by atoms with Gasteiger partial charge in [-0.05, 0) is 29.3 Å². The molecule has 0 bridgehead atoms. The Morgan fingerprint density at radius 1 is 1.10 bits per heavy atom. The van der Waals surface area contributed by atoms with E-state index in [0.29, 0.717) is 31.0 Å². The molecule has 3 rings (SSSR count). The van der Waals surface area contributed by atoms with E-state index in [4.69, 9.17) is 9.84 Å². The summed E-state index contributed by atoms with van der Waals surface area (Å²) in [6.07, 6.45) is 4.92. The number of methoxy groups -OCH3 is 1. The average molecular weight is 387 g/mol. The van der Waals surface area contributed by atoms with Gasteiger partial charge < -0.3 is 9.64 Å². The van der Waals surface area contributed by atoms with Crippen LogP contribution in [0, 0.1) is 0 Å². The Hall–Kier alpha value is -3.60. The highest BCUT2D eigenvalue weighted by molar-refractivity contribution is 6.07. The molecule has 0 saturated carbocycles. The second-order valence-corrected chi connectivity index (χ2v) is 6.64. The number of benzene rings is 2. The van der Waals surface area contributed by atoms with E-state index >= 15 is 0 Å². The molecule has 3 aromatic rings. The van der Waals surface area contributed by atoms with E-state index in [-0.39, 0.29) is 5.78 Å². The molecule has 5 nitrogen and oxygen atoms in total. The van der Waals surface area contributed by atoms with Crippen LogP contribution >= 0.6 is 0 Å². The lowest BCUT2D eigenvalue weighted by Gasteiger charge is -2.22. The lowest BCUT2D eigenvalue weighted by atomic mass is 10.1. The van der Waals surface area contributed by atoms with Crippen molar-refractivity contribution in [2.45, 2.75) is 13.1 Å². The van der Waals surface area contributed by atoms with Crippen LogP contribution in [0.15, 0.2) is 86.1 Å². The van der Waals surface area contributed by atoms with Crippen LogP contribution in [0.3, 0.4) is 0 Å². The fraction of sp³-hybridized carbons (Fsp3) is 0.167. The van der Waals surface area contributed by atoms with Crippen LogP contribution in [-0.4, -0.2) is 29.2 Å². The fourth-order valence-electron chi connectivity index (χ4n) is 3.11. The van der Waals surface area contributed by atoms with Crippen molar-refractivity contribution in [3.8, 4) is 5.75 Å². The van der Waals surface area contributed by atoms with Gasteiger partial charge in [0, 0.05) is 19.3 Å². The number of anilines is 1. The number of carbonyl (C=O) groups excluding carboxylic acids is 1. The van der Waals surface area contributed by atoms with Crippen molar-refractivity contribution in [1.82, 2.24) is 9.78 Å². The van der Waals surface area contributed by atoms with E-state index in [0.717, 1.165) is 16.9 Å². The standard InChI is InChI=1S/C24H25N3O2/c1-4-15-26(16-19-9-7-6-8-10-19)24-22(23(28)5-2)18-27(25-24)17-20-11-13-21(29-3)14-12-20/h4-14,18H,1-2,15-17H2,3H3. The van der Waals surface area contributed by atoms with Gasteiger partial charge in [-0.1, -0.05) is 55.1 Å². The minimum absolute atomic E-state index is 0.150. The first-order valence-electron chi connectivity index (χ1n) is 9.41. The summed E-state index contributed by atoms with van der Waals surface area (Å²) >= 11 is 0. The van der Waals surface area contributed by atoms with E-state index in [1.807, 2.05) is 53.4 Å². The monoisotopic (exact) mass is 387 g/mol. The van der Waals surface area contributed by atoms with Crippen molar-refractivity contribution in [3.05, 3.63) is 103 Å². The molecule has 0 aliphatic carbocycles. The first-order chi connectivity index (χ1) is 14.1. The summed E-state index contributed by atoms with van der Waals surface area (Å²) < 4.78 is 7.00. The van der Waals surface area contributed by atoms with Gasteiger partial charge in [0.1, 0.15) is 5.75 Å². The number of allylic oxidation sites excluding steroid dienone is 1. The third kappa shape index (κ3) is 5.02. The van der Waals surface area contributed by atoms with Gasteiger partial charge in [0.2, 0.25) is 0 Å². The van der Waals surface area contributed by atoms with Gasteiger partial charge in [-0.2, -0.15) is 5.10 Å². The van der Waals surface area contributed by atoms with E-state index in [1.165, 1.54) is 6.08 Å². The lowest BCUT2D eigenvalue weighted by molar-refractivity contribution is 0.104. The summed E-state index contributed by atoms with van der Waals surface area (Å²) in [5.41, 5.74) is 2.73. The van der Waals surface area contributed by atoms with Gasteiger partial charge in [0.25, 0.3) is 0 Å². The van der Waals surface area contributed by atoms with Crippen molar-refractivity contribution in [2.24, 2.45) is 0 Å². The Kier molecular flexibility index (Phi) is 6.63. The number of ether oxygens (including phenoxy) is 1. The van der Waals surface area contributed by atoms with Crippen LogP contribution < -0.4 is 9.64 Å². The molecular weight excluding hydrogens is 362 g/mol. The van der Waals surface area contributed by atoms with Crippen LogP contribution in [0.1, 0.15) is 21.5 Å². The van der Waals surface area contributed by atoms with Crippen LogP contribution in [0.25, 0.3) is 0 Å². The molecule has 0 unspecified atom stereocenters. The number of aromatic nitrogens is 2. The Labute approximate surface area is 171 Å². The molecule has 148 valence electrons. The molecule has 0 aliphatic heterocycles. The molecule has 1 aromatic heterocycles. The summed E-state index contributed by atoms with van der Waals surface area (Å²) in [6.45, 7) is 9.25. The van der Waals surface area contributed by atoms with Crippen molar-refractivity contribution < 1.29 is 9.53 Å². The highest BCUT2D eigenvalue weighted by Crippen LogP contribution is 2.23. The molecular formula is C24H25N3O2. The highest BCUT2D eigenvalue weighted by atomic mass is 16.5. The number of rotatable bonds is 10. The van der Waals surface area contributed by atoms with Crippen LogP contribution in [-0.2, 0) is 13.1 Å². The molecule has 29 heavy (non-hydrogen) atoms. The van der Waals surface area contributed by atoms with Crippen molar-refractivity contribution in [1.29, 1.82) is 0 Å². The zero-order chi connectivity index (χ0) is 20.6. The summed E-state index contributed by atoms with van der Waals surface area (Å²) in [6, 6.07) is 17.9. The third-order valence-electron chi connectivity index (χ3n) is 4.56. The lowest BCUT2D eigenvalue weighted by Crippen LogP contribution is -2.25. The topological polar surface area (TPSA) is 47.4 Å². The molecule has 0 spiro atoms. The predicted molar refractivity (Wildman–Crippen MR) is 117 cm³/mol. The zero-order valence-corrected chi connectivity index (χ0v) is 16.6. The Morgan fingerprint density at radius 2 is 1.83 bits per heavy atom. The SMILES string of the molecule is C=CCN(Cc1ccccc1)c1nn(Cc2ccc(OC)cc2)cc1C(=O)C=C. The minimum Gasteiger partial charge on any atom is -0.497 e. The second-order valence-electron chi connectivity index (χ2n) is 6.64. The number of ketones is 1. The largest absolute Gasteiger partial charge is 0.497 e. The molecule has 5 heteroatoms. The quantitative estimate of drug-likeness (QED) is 0.292. The Morgan fingerprint density at radius 3 is 2.45 bits per heavy atom. The number of hydrogen-bond acceptors (Lipinski definition) is 4. The van der Waals surface area contributed by atoms with Gasteiger partial charge in [-0.15, -0.1) is 6.58 Å². The van der Waals surface area contributed by atoms with E-state index in [1.54, 1.807) is 18.0 Å². The van der Waals surface area contributed by atoms with Crippen LogP contribution in [0.4, 0.5) is 5.82 Å². The molecule has 0 saturated heterocycles. The maximum Gasteiger partial charge on any atom is 0.190 e. The maximum atomic E-state index is 12.5. The minimum atomic E-state index is -0.150. The normalized spacial score (nSPS) is 10.4. The number of hydrogen-bond donors (Lipinski definition) is 0. The molecule has 0 atom stereocenters. The predicted octanol–water partition coefficient (Wildman–Crippen LogP) is 4.50. The van der Waals surface area contributed by atoms with E-state index in [2.05, 4.69) is 25.3 Å². The molecule has 0 amide bonds. The summed E-state index contributed by atoms with van der Waals surface area (Å²) in [5, 5.41) is 4.73. The summed E-state index contributed by atoms with van der Waals surface area (Å²) in [7, 11) is 1.64. The van der Waals surface area contributed by atoms with Crippen molar-refractivity contribution in [3.63, 3.8) is 0 Å². The van der Waals surface area contributed by atoms with Gasteiger partial charge in [0.15, 0.2) is 11.6 Å². The van der Waals surface area contributed by atoms with Crippen LogP contribution in [0.5, 0.6) is 5.75 Å². The molecule has 0 fully saturated rings. The van der Waals surface area contributed by atoms with Gasteiger partial charge in [-0.3, -0.25) is 9.48 Å². The van der Waals surface area contributed by atoms with Crippen LogP contribution in [0.2, 0.25) is 0 Å². The first-order valence-corrected chi connectivity index (χ1v) is 9.41. The number of carbonyl (C=O) groups is 1. The van der Waals surface area contributed by atoms with Gasteiger partial charge in [-0.25, -0.2) is 0 Å². The highest BCUT2D eigenvalue weighted by Gasteiger charge is 2.20. The second kappa shape index (κ2) is 9.55. The maximum absolute atomic E-state index is 12.5. The molecule has 2 aromatic carbocycles. The van der Waals surface area contributed by atoms with Crippen molar-refractivity contribution >= 4 is 11.6 Å². The third-order valence-corrected chi connectivity index (χ3v) is 4.56.